The van der Waals surface area contributed by atoms with Gasteiger partial charge in [-0.1, -0.05) is 0 Å². The van der Waals surface area contributed by atoms with Crippen LogP contribution < -0.4 is 5.32 Å². The van der Waals surface area contributed by atoms with Gasteiger partial charge in [0.1, 0.15) is 0 Å². The number of H-pyrrole nitrogens is 1. The molecule has 0 aliphatic carbocycles. The zero-order chi connectivity index (χ0) is 8.39. The van der Waals surface area contributed by atoms with Gasteiger partial charge in [0.2, 0.25) is 0 Å². The Bertz CT molecular complexity index is 230. The molecule has 12 heavy (non-hydrogen) atoms. The van der Waals surface area contributed by atoms with Crippen LogP contribution in [0.15, 0.2) is 12.5 Å². The molecule has 2 heterocycles. The first-order chi connectivity index (χ1) is 5.86. The Kier molecular flexibility index (Phi) is 2.13. The molecule has 0 spiro atoms. The van der Waals surface area contributed by atoms with E-state index in [1.54, 1.807) is 6.33 Å². The molecule has 1 aromatic heterocycles. The van der Waals surface area contributed by atoms with Crippen LogP contribution in [0, 0.1) is 0 Å². The highest BCUT2D eigenvalue weighted by molar-refractivity contribution is 5.03. The Morgan fingerprint density at radius 2 is 2.42 bits per heavy atom. The van der Waals surface area contributed by atoms with Crippen molar-refractivity contribution in [3.05, 3.63) is 18.2 Å². The van der Waals surface area contributed by atoms with Crippen LogP contribution in [0.3, 0.4) is 0 Å². The van der Waals surface area contributed by atoms with Crippen molar-refractivity contribution in [1.82, 2.24) is 15.3 Å². The Balaban J connectivity index is 2.04. The lowest BCUT2D eigenvalue weighted by atomic mass is 9.98. The number of aromatic nitrogens is 2. The molecule has 0 aromatic carbocycles. The maximum Gasteiger partial charge on any atom is 0.0922 e. The molecule has 0 amide bonds. The molecule has 3 nitrogen and oxygen atoms in total. The fourth-order valence-electron chi connectivity index (χ4n) is 1.84. The van der Waals surface area contributed by atoms with Crippen LogP contribution in [0.25, 0.3) is 0 Å². The highest BCUT2D eigenvalue weighted by Gasteiger charge is 2.19. The predicted molar refractivity (Wildman–Crippen MR) is 47.8 cm³/mol. The summed E-state index contributed by atoms with van der Waals surface area (Å²) in [7, 11) is 0. The molecule has 1 saturated heterocycles. The van der Waals surface area contributed by atoms with Crippen molar-refractivity contribution in [2.24, 2.45) is 0 Å². The molecule has 0 radical (unpaired) electrons. The van der Waals surface area contributed by atoms with Gasteiger partial charge in [-0.3, -0.25) is 0 Å². The third-order valence-corrected chi connectivity index (χ3v) is 2.51. The maximum absolute atomic E-state index is 4.03. The summed E-state index contributed by atoms with van der Waals surface area (Å²) in [6.45, 7) is 2.24. The van der Waals surface area contributed by atoms with Crippen molar-refractivity contribution in [3.8, 4) is 0 Å². The van der Waals surface area contributed by atoms with Gasteiger partial charge in [-0.15, -0.1) is 0 Å². The standard InChI is InChI=1S/C9H15N3/c1-7-3-2-4-8(12-7)9-5-10-6-11-9/h5-8,12H,2-4H2,1H3,(H,10,11). The van der Waals surface area contributed by atoms with Crippen LogP contribution in [0.1, 0.15) is 37.9 Å². The molecule has 1 aliphatic heterocycles. The molecule has 1 aliphatic rings. The van der Waals surface area contributed by atoms with E-state index in [1.807, 2.05) is 6.20 Å². The maximum atomic E-state index is 4.03. The van der Waals surface area contributed by atoms with Crippen LogP contribution in [0.2, 0.25) is 0 Å². The van der Waals surface area contributed by atoms with E-state index in [2.05, 4.69) is 22.2 Å². The van der Waals surface area contributed by atoms with E-state index in [-0.39, 0.29) is 0 Å². The zero-order valence-electron chi connectivity index (χ0n) is 7.38. The Hall–Kier alpha value is -0.830. The van der Waals surface area contributed by atoms with Gasteiger partial charge in [-0.2, -0.15) is 0 Å². The van der Waals surface area contributed by atoms with Gasteiger partial charge in [-0.05, 0) is 26.2 Å². The highest BCUT2D eigenvalue weighted by Crippen LogP contribution is 2.23. The number of hydrogen-bond acceptors (Lipinski definition) is 2. The molecule has 2 unspecified atom stereocenters. The minimum Gasteiger partial charge on any atom is -0.347 e. The first-order valence-corrected chi connectivity index (χ1v) is 4.60. The smallest absolute Gasteiger partial charge is 0.0922 e. The summed E-state index contributed by atoms with van der Waals surface area (Å²) in [6, 6.07) is 1.14. The SMILES string of the molecule is CC1CCCC(c2cnc[nH]2)N1. The second-order valence-corrected chi connectivity index (χ2v) is 3.56. The minimum absolute atomic E-state index is 0.497. The molecule has 3 heteroatoms. The molecule has 2 rings (SSSR count). The minimum atomic E-state index is 0.497. The topological polar surface area (TPSA) is 40.7 Å². The van der Waals surface area contributed by atoms with Crippen molar-refractivity contribution in [3.63, 3.8) is 0 Å². The summed E-state index contributed by atoms with van der Waals surface area (Å²) < 4.78 is 0. The van der Waals surface area contributed by atoms with E-state index < -0.39 is 0 Å². The molecule has 0 saturated carbocycles. The first-order valence-electron chi connectivity index (χ1n) is 4.60. The quantitative estimate of drug-likeness (QED) is 0.663. The number of hydrogen-bond donors (Lipinski definition) is 2. The number of imidazole rings is 1. The number of rotatable bonds is 1. The monoisotopic (exact) mass is 165 g/mol. The summed E-state index contributed by atoms with van der Waals surface area (Å²) in [5, 5.41) is 3.55. The van der Waals surface area contributed by atoms with Crippen molar-refractivity contribution in [2.75, 3.05) is 0 Å². The Morgan fingerprint density at radius 3 is 3.08 bits per heavy atom. The number of aromatic amines is 1. The predicted octanol–water partition coefficient (Wildman–Crippen LogP) is 1.61. The third-order valence-electron chi connectivity index (χ3n) is 2.51. The normalized spacial score (nSPS) is 30.4. The lowest BCUT2D eigenvalue weighted by Gasteiger charge is -2.27. The molecule has 2 atom stereocenters. The molecular formula is C9H15N3. The van der Waals surface area contributed by atoms with Gasteiger partial charge >= 0.3 is 0 Å². The van der Waals surface area contributed by atoms with E-state index in [0.29, 0.717) is 12.1 Å². The molecule has 1 fully saturated rings. The van der Waals surface area contributed by atoms with Crippen LogP contribution in [-0.2, 0) is 0 Å². The van der Waals surface area contributed by atoms with Crippen LogP contribution in [-0.4, -0.2) is 16.0 Å². The second kappa shape index (κ2) is 3.27. The number of nitrogens with one attached hydrogen (secondary N) is 2. The Morgan fingerprint density at radius 1 is 1.50 bits per heavy atom. The van der Waals surface area contributed by atoms with Crippen molar-refractivity contribution in [2.45, 2.75) is 38.3 Å². The number of nitrogens with zero attached hydrogens (tertiary/aromatic N) is 1. The summed E-state index contributed by atoms with van der Waals surface area (Å²) in [5.74, 6) is 0. The van der Waals surface area contributed by atoms with E-state index in [0.717, 1.165) is 0 Å². The molecule has 2 N–H and O–H groups in total. The van der Waals surface area contributed by atoms with Gasteiger partial charge in [0.15, 0.2) is 0 Å². The average molecular weight is 165 g/mol. The van der Waals surface area contributed by atoms with E-state index in [4.69, 9.17) is 0 Å². The van der Waals surface area contributed by atoms with Gasteiger partial charge in [-0.25, -0.2) is 4.98 Å². The molecule has 0 bridgehead atoms. The summed E-state index contributed by atoms with van der Waals surface area (Å²) >= 11 is 0. The summed E-state index contributed by atoms with van der Waals surface area (Å²) in [5.41, 5.74) is 1.22. The van der Waals surface area contributed by atoms with Gasteiger partial charge in [0.25, 0.3) is 0 Å². The van der Waals surface area contributed by atoms with Gasteiger partial charge in [0.05, 0.1) is 12.0 Å². The van der Waals surface area contributed by atoms with Gasteiger partial charge in [0, 0.05) is 18.3 Å². The Labute approximate surface area is 72.6 Å². The van der Waals surface area contributed by atoms with E-state index >= 15 is 0 Å². The van der Waals surface area contributed by atoms with Crippen LogP contribution >= 0.6 is 0 Å². The molecule has 66 valence electrons. The number of piperidine rings is 1. The van der Waals surface area contributed by atoms with E-state index in [1.165, 1.54) is 25.0 Å². The lowest BCUT2D eigenvalue weighted by molar-refractivity contribution is 0.337. The lowest BCUT2D eigenvalue weighted by Crippen LogP contribution is -2.34. The molecular weight excluding hydrogens is 150 g/mol. The highest BCUT2D eigenvalue weighted by atomic mass is 15.0. The largest absolute Gasteiger partial charge is 0.347 e. The van der Waals surface area contributed by atoms with E-state index in [9.17, 15) is 0 Å². The molecule has 1 aromatic rings. The van der Waals surface area contributed by atoms with Crippen molar-refractivity contribution >= 4 is 0 Å². The third kappa shape index (κ3) is 1.50. The fourth-order valence-corrected chi connectivity index (χ4v) is 1.84. The van der Waals surface area contributed by atoms with Crippen molar-refractivity contribution < 1.29 is 0 Å². The van der Waals surface area contributed by atoms with Crippen molar-refractivity contribution in [1.29, 1.82) is 0 Å². The fraction of sp³-hybridized carbons (Fsp3) is 0.667. The average Bonchev–Trinajstić information content (AvgIpc) is 2.56. The first kappa shape index (κ1) is 7.80. The van der Waals surface area contributed by atoms with Gasteiger partial charge < -0.3 is 10.3 Å². The van der Waals surface area contributed by atoms with Crippen LogP contribution in [0.5, 0.6) is 0 Å². The zero-order valence-corrected chi connectivity index (χ0v) is 7.38. The second-order valence-electron chi connectivity index (χ2n) is 3.56. The summed E-state index contributed by atoms with van der Waals surface area (Å²) in [4.78, 5) is 7.18. The van der Waals surface area contributed by atoms with Crippen LogP contribution in [0.4, 0.5) is 0 Å². The summed E-state index contributed by atoms with van der Waals surface area (Å²) in [6.07, 6.45) is 7.50.